The smallest absolute Gasteiger partial charge is 0.208 e. The quantitative estimate of drug-likeness (QED) is 0.913. The van der Waals surface area contributed by atoms with Gasteiger partial charge in [0.25, 0.3) is 0 Å². The van der Waals surface area contributed by atoms with Crippen LogP contribution in [-0.4, -0.2) is 12.1 Å². The molecule has 0 spiro atoms. The van der Waals surface area contributed by atoms with Gasteiger partial charge in [0.15, 0.2) is 0 Å². The molecule has 0 saturated carbocycles. The Balaban J connectivity index is 1.99. The Labute approximate surface area is 117 Å². The normalized spacial score (nSPS) is 10.7. The second-order valence-corrected chi connectivity index (χ2v) is 4.68. The standard InChI is InChI=1S/C14H17ClN2O2/c1-9-10(2)19-14(17-9)8-16-7-11-12(15)5-4-6-13(11)18-3/h4-6,16H,7-8H2,1-3H3. The van der Waals surface area contributed by atoms with Crippen molar-refractivity contribution in [2.75, 3.05) is 7.11 Å². The lowest BCUT2D eigenvalue weighted by Crippen LogP contribution is -2.14. The fourth-order valence-corrected chi connectivity index (χ4v) is 2.04. The molecule has 1 heterocycles. The molecule has 102 valence electrons. The lowest BCUT2D eigenvalue weighted by molar-refractivity contribution is 0.405. The van der Waals surface area contributed by atoms with Crippen LogP contribution in [-0.2, 0) is 13.1 Å². The third-order valence-corrected chi connectivity index (χ3v) is 3.30. The van der Waals surface area contributed by atoms with Crippen molar-refractivity contribution >= 4 is 11.6 Å². The number of hydrogen-bond donors (Lipinski definition) is 1. The summed E-state index contributed by atoms with van der Waals surface area (Å²) in [5.41, 5.74) is 1.86. The van der Waals surface area contributed by atoms with E-state index in [0.29, 0.717) is 24.0 Å². The van der Waals surface area contributed by atoms with Gasteiger partial charge in [-0.15, -0.1) is 0 Å². The van der Waals surface area contributed by atoms with E-state index in [1.807, 2.05) is 32.0 Å². The number of nitrogens with zero attached hydrogens (tertiary/aromatic N) is 1. The summed E-state index contributed by atoms with van der Waals surface area (Å²) < 4.78 is 10.8. The maximum absolute atomic E-state index is 6.16. The molecular formula is C14H17ClN2O2. The van der Waals surface area contributed by atoms with Crippen molar-refractivity contribution in [3.8, 4) is 5.75 Å². The number of nitrogens with one attached hydrogen (secondary N) is 1. The molecule has 0 aliphatic heterocycles. The molecule has 0 amide bonds. The van der Waals surface area contributed by atoms with Gasteiger partial charge in [-0.05, 0) is 26.0 Å². The summed E-state index contributed by atoms with van der Waals surface area (Å²) in [6.45, 7) is 4.99. The molecule has 2 aromatic rings. The van der Waals surface area contributed by atoms with E-state index in [0.717, 1.165) is 22.8 Å². The molecule has 4 nitrogen and oxygen atoms in total. The molecule has 2 rings (SSSR count). The maximum Gasteiger partial charge on any atom is 0.208 e. The first kappa shape index (κ1) is 13.9. The van der Waals surface area contributed by atoms with Crippen LogP contribution in [0.3, 0.4) is 0 Å². The monoisotopic (exact) mass is 280 g/mol. The van der Waals surface area contributed by atoms with Crippen LogP contribution in [0.25, 0.3) is 0 Å². The van der Waals surface area contributed by atoms with E-state index in [4.69, 9.17) is 20.8 Å². The number of aromatic nitrogens is 1. The highest BCUT2D eigenvalue weighted by molar-refractivity contribution is 6.31. The summed E-state index contributed by atoms with van der Waals surface area (Å²) >= 11 is 6.16. The van der Waals surface area contributed by atoms with Crippen LogP contribution in [0.15, 0.2) is 22.6 Å². The SMILES string of the molecule is COc1cccc(Cl)c1CNCc1nc(C)c(C)o1. The molecule has 0 aliphatic carbocycles. The predicted octanol–water partition coefficient (Wildman–Crippen LogP) is 3.24. The molecule has 19 heavy (non-hydrogen) atoms. The number of ether oxygens (including phenoxy) is 1. The van der Waals surface area contributed by atoms with Gasteiger partial charge in [0.05, 0.1) is 19.3 Å². The van der Waals surface area contributed by atoms with E-state index >= 15 is 0 Å². The van der Waals surface area contributed by atoms with Gasteiger partial charge < -0.3 is 14.5 Å². The summed E-state index contributed by atoms with van der Waals surface area (Å²) in [6.07, 6.45) is 0. The van der Waals surface area contributed by atoms with Crippen molar-refractivity contribution in [3.05, 3.63) is 46.1 Å². The van der Waals surface area contributed by atoms with Crippen LogP contribution in [0.5, 0.6) is 5.75 Å². The van der Waals surface area contributed by atoms with Gasteiger partial charge in [0, 0.05) is 17.1 Å². The molecule has 0 fully saturated rings. The number of hydrogen-bond acceptors (Lipinski definition) is 4. The van der Waals surface area contributed by atoms with Crippen molar-refractivity contribution in [2.24, 2.45) is 0 Å². The molecule has 0 aliphatic rings. The molecule has 0 radical (unpaired) electrons. The van der Waals surface area contributed by atoms with E-state index in [2.05, 4.69) is 10.3 Å². The summed E-state index contributed by atoms with van der Waals surface area (Å²) in [6, 6.07) is 5.61. The van der Waals surface area contributed by atoms with Gasteiger partial charge >= 0.3 is 0 Å². The molecule has 1 N–H and O–H groups in total. The second-order valence-electron chi connectivity index (χ2n) is 4.27. The lowest BCUT2D eigenvalue weighted by atomic mass is 10.2. The van der Waals surface area contributed by atoms with Crippen LogP contribution in [0, 0.1) is 13.8 Å². The molecule has 1 aromatic heterocycles. The molecular weight excluding hydrogens is 264 g/mol. The summed E-state index contributed by atoms with van der Waals surface area (Å²) in [5.74, 6) is 2.31. The zero-order valence-corrected chi connectivity index (χ0v) is 12.0. The zero-order valence-electron chi connectivity index (χ0n) is 11.3. The minimum Gasteiger partial charge on any atom is -0.496 e. The predicted molar refractivity (Wildman–Crippen MR) is 74.5 cm³/mol. The topological polar surface area (TPSA) is 47.3 Å². The number of benzene rings is 1. The maximum atomic E-state index is 6.16. The first-order valence-electron chi connectivity index (χ1n) is 6.07. The highest BCUT2D eigenvalue weighted by Crippen LogP contribution is 2.25. The van der Waals surface area contributed by atoms with Gasteiger partial charge in [0.2, 0.25) is 5.89 Å². The third-order valence-electron chi connectivity index (χ3n) is 2.95. The van der Waals surface area contributed by atoms with Crippen LogP contribution < -0.4 is 10.1 Å². The summed E-state index contributed by atoms with van der Waals surface area (Å²) in [5, 5.41) is 3.94. The lowest BCUT2D eigenvalue weighted by Gasteiger charge is -2.10. The van der Waals surface area contributed by atoms with Gasteiger partial charge in [0.1, 0.15) is 11.5 Å². The third kappa shape index (κ3) is 3.28. The average Bonchev–Trinajstić information content (AvgIpc) is 2.70. The Morgan fingerprint density at radius 3 is 2.74 bits per heavy atom. The minimum absolute atomic E-state index is 0.559. The van der Waals surface area contributed by atoms with E-state index in [1.54, 1.807) is 7.11 Å². The molecule has 0 atom stereocenters. The highest BCUT2D eigenvalue weighted by Gasteiger charge is 2.09. The fourth-order valence-electron chi connectivity index (χ4n) is 1.81. The number of aryl methyl sites for hydroxylation is 2. The Bertz CT molecular complexity index is 547. The Kier molecular flexibility index (Phi) is 4.45. The number of methoxy groups -OCH3 is 1. The number of oxazole rings is 1. The Morgan fingerprint density at radius 2 is 2.11 bits per heavy atom. The van der Waals surface area contributed by atoms with Crippen molar-refractivity contribution in [3.63, 3.8) is 0 Å². The van der Waals surface area contributed by atoms with Crippen molar-refractivity contribution in [1.29, 1.82) is 0 Å². The van der Waals surface area contributed by atoms with Gasteiger partial charge in [-0.2, -0.15) is 0 Å². The Morgan fingerprint density at radius 1 is 1.32 bits per heavy atom. The summed E-state index contributed by atoms with van der Waals surface area (Å²) in [4.78, 5) is 4.31. The number of halogens is 1. The van der Waals surface area contributed by atoms with Crippen molar-refractivity contribution in [2.45, 2.75) is 26.9 Å². The van der Waals surface area contributed by atoms with E-state index in [1.165, 1.54) is 0 Å². The fraction of sp³-hybridized carbons (Fsp3) is 0.357. The largest absolute Gasteiger partial charge is 0.496 e. The van der Waals surface area contributed by atoms with Crippen LogP contribution in [0.4, 0.5) is 0 Å². The van der Waals surface area contributed by atoms with Crippen LogP contribution in [0.1, 0.15) is 22.9 Å². The van der Waals surface area contributed by atoms with Crippen LogP contribution >= 0.6 is 11.6 Å². The van der Waals surface area contributed by atoms with E-state index < -0.39 is 0 Å². The molecule has 0 bridgehead atoms. The van der Waals surface area contributed by atoms with E-state index in [-0.39, 0.29) is 0 Å². The van der Waals surface area contributed by atoms with Crippen LogP contribution in [0.2, 0.25) is 5.02 Å². The summed E-state index contributed by atoms with van der Waals surface area (Å²) in [7, 11) is 1.63. The minimum atomic E-state index is 0.559. The van der Waals surface area contributed by atoms with Crippen molar-refractivity contribution < 1.29 is 9.15 Å². The zero-order chi connectivity index (χ0) is 13.8. The van der Waals surface area contributed by atoms with Gasteiger partial charge in [-0.1, -0.05) is 17.7 Å². The van der Waals surface area contributed by atoms with Crippen molar-refractivity contribution in [1.82, 2.24) is 10.3 Å². The van der Waals surface area contributed by atoms with Gasteiger partial charge in [-0.25, -0.2) is 4.98 Å². The highest BCUT2D eigenvalue weighted by atomic mass is 35.5. The molecule has 1 aromatic carbocycles. The van der Waals surface area contributed by atoms with E-state index in [9.17, 15) is 0 Å². The average molecular weight is 281 g/mol. The van der Waals surface area contributed by atoms with Gasteiger partial charge in [-0.3, -0.25) is 0 Å². The molecule has 5 heteroatoms. The first-order valence-corrected chi connectivity index (χ1v) is 6.44. The number of rotatable bonds is 5. The first-order chi connectivity index (χ1) is 9.11. The Hall–Kier alpha value is -1.52. The molecule has 0 unspecified atom stereocenters. The molecule has 0 saturated heterocycles. The second kappa shape index (κ2) is 6.08.